The van der Waals surface area contributed by atoms with Crippen LogP contribution in [0.4, 0.5) is 0 Å². The van der Waals surface area contributed by atoms with Crippen molar-refractivity contribution in [2.75, 3.05) is 6.61 Å². The zero-order chi connectivity index (χ0) is 9.56. The minimum Gasteiger partial charge on any atom is -0.465 e. The Kier molecular flexibility index (Phi) is 5.04. The largest absolute Gasteiger partial charge is 0.465 e. The number of carbonyl (C=O) groups is 1. The van der Waals surface area contributed by atoms with Crippen molar-refractivity contribution in [1.82, 2.24) is 0 Å². The lowest BCUT2D eigenvalue weighted by atomic mass is 10.1. The number of esters is 1. The van der Waals surface area contributed by atoms with Crippen molar-refractivity contribution in [2.45, 2.75) is 19.4 Å². The second-order valence-electron chi connectivity index (χ2n) is 2.43. The Bertz CT molecular complexity index is 187. The Labute approximate surface area is 72.9 Å². The Morgan fingerprint density at radius 3 is 2.75 bits per heavy atom. The molecule has 0 rings (SSSR count). The molecule has 3 heteroatoms. The predicted molar refractivity (Wildman–Crippen MR) is 48.6 cm³/mol. The van der Waals surface area contributed by atoms with E-state index in [2.05, 4.69) is 13.2 Å². The van der Waals surface area contributed by atoms with Gasteiger partial charge in [-0.25, -0.2) is 0 Å². The first-order chi connectivity index (χ1) is 5.61. The maximum absolute atomic E-state index is 11.0. The molecule has 0 saturated heterocycles. The van der Waals surface area contributed by atoms with Crippen LogP contribution in [0.3, 0.4) is 0 Å². The quantitative estimate of drug-likeness (QED) is 0.493. The van der Waals surface area contributed by atoms with Gasteiger partial charge in [-0.05, 0) is 13.3 Å². The van der Waals surface area contributed by atoms with Crippen LogP contribution in [0.2, 0.25) is 0 Å². The highest BCUT2D eigenvalue weighted by molar-refractivity contribution is 5.75. The van der Waals surface area contributed by atoms with Crippen molar-refractivity contribution < 1.29 is 9.53 Å². The summed E-state index contributed by atoms with van der Waals surface area (Å²) >= 11 is 0. The lowest BCUT2D eigenvalue weighted by molar-refractivity contribution is -0.144. The van der Waals surface area contributed by atoms with E-state index in [1.165, 1.54) is 0 Å². The van der Waals surface area contributed by atoms with Gasteiger partial charge in [-0.3, -0.25) is 4.79 Å². The lowest BCUT2D eigenvalue weighted by Gasteiger charge is -2.09. The Hall–Kier alpha value is -1.09. The number of rotatable bonds is 5. The third-order valence-corrected chi connectivity index (χ3v) is 1.36. The molecule has 2 N–H and O–H groups in total. The van der Waals surface area contributed by atoms with Crippen molar-refractivity contribution in [1.29, 1.82) is 0 Å². The molecule has 0 aliphatic carbocycles. The van der Waals surface area contributed by atoms with Gasteiger partial charge in [0.25, 0.3) is 0 Å². The summed E-state index contributed by atoms with van der Waals surface area (Å²) in [5.41, 5.74) is 6.24. The molecule has 0 aliphatic rings. The van der Waals surface area contributed by atoms with Crippen molar-refractivity contribution in [2.24, 2.45) is 5.73 Å². The zero-order valence-corrected chi connectivity index (χ0v) is 7.38. The summed E-state index contributed by atoms with van der Waals surface area (Å²) in [5.74, 6) is -0.388. The number of hydrogen-bond donors (Lipinski definition) is 1. The molecule has 68 valence electrons. The van der Waals surface area contributed by atoms with E-state index in [1.807, 2.05) is 0 Å². The molecule has 0 aromatic carbocycles. The van der Waals surface area contributed by atoms with Crippen LogP contribution in [0.25, 0.3) is 0 Å². The number of hydrogen-bond acceptors (Lipinski definition) is 3. The summed E-state index contributed by atoms with van der Waals surface area (Å²) in [6.45, 7) is 9.26. The van der Waals surface area contributed by atoms with Crippen molar-refractivity contribution in [3.8, 4) is 0 Å². The third-order valence-electron chi connectivity index (χ3n) is 1.36. The number of nitrogens with two attached hydrogens (primary N) is 1. The van der Waals surface area contributed by atoms with Crippen LogP contribution in [0.5, 0.6) is 0 Å². The van der Waals surface area contributed by atoms with E-state index in [4.69, 9.17) is 10.5 Å². The van der Waals surface area contributed by atoms with Crippen molar-refractivity contribution in [3.63, 3.8) is 0 Å². The minimum absolute atomic E-state index is 0.354. The van der Waals surface area contributed by atoms with Gasteiger partial charge >= 0.3 is 5.97 Å². The highest BCUT2D eigenvalue weighted by Crippen LogP contribution is 2.03. The first-order valence-corrected chi connectivity index (χ1v) is 3.84. The number of ether oxygens (including phenoxy) is 1. The SMILES string of the molecule is C=CC(=C)CC(N)C(=O)OCC. The van der Waals surface area contributed by atoms with Gasteiger partial charge in [-0.15, -0.1) is 0 Å². The van der Waals surface area contributed by atoms with Gasteiger partial charge in [0.05, 0.1) is 6.61 Å². The zero-order valence-electron chi connectivity index (χ0n) is 7.38. The van der Waals surface area contributed by atoms with E-state index in [1.54, 1.807) is 13.0 Å². The highest BCUT2D eigenvalue weighted by Gasteiger charge is 2.13. The van der Waals surface area contributed by atoms with E-state index in [-0.39, 0.29) is 5.97 Å². The van der Waals surface area contributed by atoms with Crippen LogP contribution >= 0.6 is 0 Å². The van der Waals surface area contributed by atoms with Crippen molar-refractivity contribution in [3.05, 3.63) is 24.8 Å². The third kappa shape index (κ3) is 3.93. The first-order valence-electron chi connectivity index (χ1n) is 3.84. The molecular formula is C9H15NO2. The monoisotopic (exact) mass is 169 g/mol. The smallest absolute Gasteiger partial charge is 0.323 e. The predicted octanol–water partition coefficient (Wildman–Crippen LogP) is 1.01. The maximum atomic E-state index is 11.0. The molecule has 0 fully saturated rings. The minimum atomic E-state index is -0.615. The lowest BCUT2D eigenvalue weighted by Crippen LogP contribution is -2.32. The van der Waals surface area contributed by atoms with Gasteiger partial charge in [-0.1, -0.05) is 24.8 Å². The summed E-state index contributed by atoms with van der Waals surface area (Å²) in [6.07, 6.45) is 1.99. The molecular weight excluding hydrogens is 154 g/mol. The fraction of sp³-hybridized carbons (Fsp3) is 0.444. The number of carbonyl (C=O) groups excluding carboxylic acids is 1. The van der Waals surface area contributed by atoms with E-state index in [0.717, 1.165) is 5.57 Å². The maximum Gasteiger partial charge on any atom is 0.323 e. The molecule has 1 atom stereocenters. The van der Waals surface area contributed by atoms with Crippen LogP contribution in [0, 0.1) is 0 Å². The van der Waals surface area contributed by atoms with Gasteiger partial charge in [0.2, 0.25) is 0 Å². The summed E-state index contributed by atoms with van der Waals surface area (Å²) in [5, 5.41) is 0. The Morgan fingerprint density at radius 2 is 2.33 bits per heavy atom. The summed E-state index contributed by atoms with van der Waals surface area (Å²) in [4.78, 5) is 11.0. The molecule has 3 nitrogen and oxygen atoms in total. The van der Waals surface area contributed by atoms with Gasteiger partial charge in [0.1, 0.15) is 6.04 Å². The molecule has 0 aliphatic heterocycles. The Morgan fingerprint density at radius 1 is 1.75 bits per heavy atom. The van der Waals surface area contributed by atoms with Crippen LogP contribution in [0.1, 0.15) is 13.3 Å². The highest BCUT2D eigenvalue weighted by atomic mass is 16.5. The van der Waals surface area contributed by atoms with E-state index in [0.29, 0.717) is 13.0 Å². The molecule has 0 aromatic heterocycles. The standard InChI is InChI=1S/C9H15NO2/c1-4-7(3)6-8(10)9(11)12-5-2/h4,8H,1,3,5-6,10H2,2H3. The molecule has 0 heterocycles. The van der Waals surface area contributed by atoms with Crippen LogP contribution in [-0.4, -0.2) is 18.6 Å². The molecule has 0 bridgehead atoms. The number of allylic oxidation sites excluding steroid dienone is 1. The molecule has 0 radical (unpaired) electrons. The summed E-state index contributed by atoms with van der Waals surface area (Å²) in [7, 11) is 0. The van der Waals surface area contributed by atoms with Gasteiger partial charge in [-0.2, -0.15) is 0 Å². The molecule has 0 spiro atoms. The second-order valence-corrected chi connectivity index (χ2v) is 2.43. The van der Waals surface area contributed by atoms with Gasteiger partial charge in [0.15, 0.2) is 0 Å². The van der Waals surface area contributed by atoms with Gasteiger partial charge in [0, 0.05) is 0 Å². The summed E-state index contributed by atoms with van der Waals surface area (Å²) < 4.78 is 4.71. The molecule has 0 saturated carbocycles. The van der Waals surface area contributed by atoms with Crippen LogP contribution in [0.15, 0.2) is 24.8 Å². The molecule has 0 amide bonds. The van der Waals surface area contributed by atoms with Crippen LogP contribution < -0.4 is 5.73 Å². The average Bonchev–Trinajstić information content (AvgIpc) is 2.04. The normalized spacial score (nSPS) is 11.8. The fourth-order valence-corrected chi connectivity index (χ4v) is 0.698. The average molecular weight is 169 g/mol. The fourth-order valence-electron chi connectivity index (χ4n) is 0.698. The molecule has 1 unspecified atom stereocenters. The molecule has 0 aromatic rings. The Balaban J connectivity index is 3.85. The van der Waals surface area contributed by atoms with E-state index < -0.39 is 6.04 Å². The first kappa shape index (κ1) is 10.9. The van der Waals surface area contributed by atoms with Gasteiger partial charge < -0.3 is 10.5 Å². The van der Waals surface area contributed by atoms with Crippen LogP contribution in [-0.2, 0) is 9.53 Å². The molecule has 12 heavy (non-hydrogen) atoms. The summed E-state index contributed by atoms with van der Waals surface area (Å²) in [6, 6.07) is -0.615. The topological polar surface area (TPSA) is 52.3 Å². The van der Waals surface area contributed by atoms with Crippen molar-refractivity contribution >= 4 is 5.97 Å². The second kappa shape index (κ2) is 5.55. The van der Waals surface area contributed by atoms with E-state index in [9.17, 15) is 4.79 Å². The van der Waals surface area contributed by atoms with E-state index >= 15 is 0 Å².